The van der Waals surface area contributed by atoms with Gasteiger partial charge in [0.25, 0.3) is 5.91 Å². The van der Waals surface area contributed by atoms with Crippen LogP contribution < -0.4 is 10.2 Å². The summed E-state index contributed by atoms with van der Waals surface area (Å²) in [7, 11) is 0. The zero-order chi connectivity index (χ0) is 15.9. The first-order valence-electron chi connectivity index (χ1n) is 8.20. The van der Waals surface area contributed by atoms with E-state index in [0.717, 1.165) is 51.8 Å². The molecule has 23 heavy (non-hydrogen) atoms. The third-order valence-corrected chi connectivity index (χ3v) is 4.16. The summed E-state index contributed by atoms with van der Waals surface area (Å²) < 4.78 is 10.7. The van der Waals surface area contributed by atoms with E-state index in [1.165, 1.54) is 0 Å². The van der Waals surface area contributed by atoms with Gasteiger partial charge >= 0.3 is 0 Å². The van der Waals surface area contributed by atoms with Gasteiger partial charge in [-0.25, -0.2) is 4.98 Å². The van der Waals surface area contributed by atoms with E-state index in [1.807, 2.05) is 6.07 Å². The Morgan fingerprint density at radius 1 is 1.13 bits per heavy atom. The highest BCUT2D eigenvalue weighted by atomic mass is 16.5. The molecule has 7 nitrogen and oxygen atoms in total. The number of morpholine rings is 2. The van der Waals surface area contributed by atoms with E-state index in [1.54, 1.807) is 12.3 Å². The van der Waals surface area contributed by atoms with Crippen molar-refractivity contribution in [3.8, 4) is 0 Å². The molecular weight excluding hydrogens is 296 g/mol. The van der Waals surface area contributed by atoms with Crippen LogP contribution in [0.1, 0.15) is 10.4 Å². The summed E-state index contributed by atoms with van der Waals surface area (Å²) >= 11 is 0. The number of ether oxygens (including phenoxy) is 2. The highest BCUT2D eigenvalue weighted by Gasteiger charge is 2.15. The fourth-order valence-electron chi connectivity index (χ4n) is 2.78. The van der Waals surface area contributed by atoms with Crippen molar-refractivity contribution in [3.05, 3.63) is 23.9 Å². The maximum absolute atomic E-state index is 12.3. The molecule has 0 saturated carbocycles. The largest absolute Gasteiger partial charge is 0.379 e. The molecule has 3 rings (SSSR count). The lowest BCUT2D eigenvalue weighted by molar-refractivity contribution is 0.0383. The zero-order valence-corrected chi connectivity index (χ0v) is 13.4. The molecule has 0 aliphatic carbocycles. The molecule has 2 fully saturated rings. The topological polar surface area (TPSA) is 66.9 Å². The molecule has 1 aromatic heterocycles. The number of amides is 1. The molecule has 0 bridgehead atoms. The van der Waals surface area contributed by atoms with Crippen LogP contribution in [0.25, 0.3) is 0 Å². The molecule has 2 saturated heterocycles. The van der Waals surface area contributed by atoms with E-state index in [0.29, 0.717) is 25.3 Å². The van der Waals surface area contributed by atoms with Crippen LogP contribution in [0.15, 0.2) is 18.3 Å². The molecule has 2 aliphatic rings. The van der Waals surface area contributed by atoms with Crippen LogP contribution in [-0.4, -0.2) is 81.5 Å². The molecule has 0 spiro atoms. The average Bonchev–Trinajstić information content (AvgIpc) is 2.63. The van der Waals surface area contributed by atoms with Crippen molar-refractivity contribution >= 4 is 11.7 Å². The number of hydrogen-bond donors (Lipinski definition) is 1. The number of nitrogens with zero attached hydrogens (tertiary/aromatic N) is 3. The number of carbonyl (C=O) groups excluding carboxylic acids is 1. The quantitative estimate of drug-likeness (QED) is 0.822. The lowest BCUT2D eigenvalue weighted by Crippen LogP contribution is -2.41. The Kier molecular flexibility index (Phi) is 5.79. The third kappa shape index (κ3) is 4.63. The van der Waals surface area contributed by atoms with E-state index in [9.17, 15) is 4.79 Å². The number of hydrogen-bond acceptors (Lipinski definition) is 6. The van der Waals surface area contributed by atoms with E-state index in [2.05, 4.69) is 20.1 Å². The molecule has 0 unspecified atom stereocenters. The summed E-state index contributed by atoms with van der Waals surface area (Å²) in [6, 6.07) is 3.61. The van der Waals surface area contributed by atoms with Crippen molar-refractivity contribution in [2.45, 2.75) is 0 Å². The average molecular weight is 320 g/mol. The van der Waals surface area contributed by atoms with Crippen molar-refractivity contribution < 1.29 is 14.3 Å². The Morgan fingerprint density at radius 3 is 2.57 bits per heavy atom. The second kappa shape index (κ2) is 8.24. The Morgan fingerprint density at radius 2 is 1.83 bits per heavy atom. The Hall–Kier alpha value is -1.70. The van der Waals surface area contributed by atoms with Crippen LogP contribution in [0.3, 0.4) is 0 Å². The van der Waals surface area contributed by atoms with Gasteiger partial charge in [0.2, 0.25) is 0 Å². The fraction of sp³-hybridized carbons (Fsp3) is 0.625. The summed E-state index contributed by atoms with van der Waals surface area (Å²) in [5.74, 6) is 0.796. The van der Waals surface area contributed by atoms with Crippen LogP contribution in [-0.2, 0) is 9.47 Å². The SMILES string of the molecule is O=C(NCCN1CCOCC1)c1ccnc(N2CCOCC2)c1. The van der Waals surface area contributed by atoms with Gasteiger partial charge in [0.15, 0.2) is 0 Å². The van der Waals surface area contributed by atoms with Crippen LogP contribution >= 0.6 is 0 Å². The Bertz CT molecular complexity index is 514. The first kappa shape index (κ1) is 16.2. The summed E-state index contributed by atoms with van der Waals surface area (Å²) in [6.07, 6.45) is 1.70. The maximum Gasteiger partial charge on any atom is 0.251 e. The van der Waals surface area contributed by atoms with Gasteiger partial charge in [0, 0.05) is 51.0 Å². The Labute approximate surface area is 136 Å². The lowest BCUT2D eigenvalue weighted by Gasteiger charge is -2.28. The number of rotatable bonds is 5. The van der Waals surface area contributed by atoms with E-state index < -0.39 is 0 Å². The van der Waals surface area contributed by atoms with E-state index >= 15 is 0 Å². The molecular formula is C16H24N4O3. The number of nitrogens with one attached hydrogen (secondary N) is 1. The van der Waals surface area contributed by atoms with Gasteiger partial charge in [-0.1, -0.05) is 0 Å². The molecule has 126 valence electrons. The van der Waals surface area contributed by atoms with E-state index in [4.69, 9.17) is 9.47 Å². The number of anilines is 1. The Balaban J connectivity index is 1.50. The summed E-state index contributed by atoms with van der Waals surface area (Å²) in [5, 5.41) is 2.98. The monoisotopic (exact) mass is 320 g/mol. The molecule has 0 radical (unpaired) electrons. The van der Waals surface area contributed by atoms with Crippen LogP contribution in [0, 0.1) is 0 Å². The molecule has 1 amide bonds. The van der Waals surface area contributed by atoms with Gasteiger partial charge < -0.3 is 19.7 Å². The van der Waals surface area contributed by atoms with Gasteiger partial charge in [0.05, 0.1) is 26.4 Å². The second-order valence-electron chi connectivity index (χ2n) is 5.71. The van der Waals surface area contributed by atoms with Gasteiger partial charge in [-0.2, -0.15) is 0 Å². The molecule has 1 aromatic rings. The van der Waals surface area contributed by atoms with Gasteiger partial charge in [-0.3, -0.25) is 9.69 Å². The minimum atomic E-state index is -0.0461. The summed E-state index contributed by atoms with van der Waals surface area (Å²) in [6.45, 7) is 7.98. The molecule has 7 heteroatoms. The zero-order valence-electron chi connectivity index (χ0n) is 13.4. The first-order valence-corrected chi connectivity index (χ1v) is 8.20. The standard InChI is InChI=1S/C16H24N4O3/c21-16(18-3-4-19-5-9-22-10-6-19)14-1-2-17-15(13-14)20-7-11-23-12-8-20/h1-2,13H,3-12H2,(H,18,21). The highest BCUT2D eigenvalue weighted by Crippen LogP contribution is 2.14. The van der Waals surface area contributed by atoms with Gasteiger partial charge in [-0.05, 0) is 12.1 Å². The number of aromatic nitrogens is 1. The lowest BCUT2D eigenvalue weighted by atomic mass is 10.2. The predicted molar refractivity (Wildman–Crippen MR) is 86.9 cm³/mol. The normalized spacial score (nSPS) is 19.6. The summed E-state index contributed by atoms with van der Waals surface area (Å²) in [4.78, 5) is 21.1. The van der Waals surface area contributed by atoms with Crippen LogP contribution in [0.2, 0.25) is 0 Å². The molecule has 2 aliphatic heterocycles. The fourth-order valence-corrected chi connectivity index (χ4v) is 2.78. The first-order chi connectivity index (χ1) is 11.3. The van der Waals surface area contributed by atoms with Crippen molar-refractivity contribution in [1.82, 2.24) is 15.2 Å². The van der Waals surface area contributed by atoms with Crippen molar-refractivity contribution in [3.63, 3.8) is 0 Å². The third-order valence-electron chi connectivity index (χ3n) is 4.16. The number of pyridine rings is 1. The maximum atomic E-state index is 12.3. The minimum Gasteiger partial charge on any atom is -0.379 e. The smallest absolute Gasteiger partial charge is 0.251 e. The minimum absolute atomic E-state index is 0.0461. The summed E-state index contributed by atoms with van der Waals surface area (Å²) in [5.41, 5.74) is 0.656. The molecule has 0 aromatic carbocycles. The van der Waals surface area contributed by atoms with Crippen molar-refractivity contribution in [1.29, 1.82) is 0 Å². The molecule has 0 atom stereocenters. The van der Waals surface area contributed by atoms with Gasteiger partial charge in [-0.15, -0.1) is 0 Å². The van der Waals surface area contributed by atoms with Crippen LogP contribution in [0.5, 0.6) is 0 Å². The van der Waals surface area contributed by atoms with E-state index in [-0.39, 0.29) is 5.91 Å². The molecule has 3 heterocycles. The second-order valence-corrected chi connectivity index (χ2v) is 5.71. The van der Waals surface area contributed by atoms with Gasteiger partial charge in [0.1, 0.15) is 5.82 Å². The predicted octanol–water partition coefficient (Wildman–Crippen LogP) is -0.0198. The molecule has 1 N–H and O–H groups in total. The number of carbonyl (C=O) groups is 1. The van der Waals surface area contributed by atoms with Crippen molar-refractivity contribution in [2.75, 3.05) is 70.6 Å². The van der Waals surface area contributed by atoms with Crippen molar-refractivity contribution in [2.24, 2.45) is 0 Å². The highest BCUT2D eigenvalue weighted by molar-refractivity contribution is 5.94. The van der Waals surface area contributed by atoms with Crippen LogP contribution in [0.4, 0.5) is 5.82 Å².